The quantitative estimate of drug-likeness (QED) is 0.858. The minimum absolute atomic E-state index is 0.00910. The van der Waals surface area contributed by atoms with Gasteiger partial charge in [-0.1, -0.05) is 25.4 Å². The second-order valence-electron chi connectivity index (χ2n) is 6.13. The Hall–Kier alpha value is -1.55. The highest BCUT2D eigenvalue weighted by Crippen LogP contribution is 2.14. The molecule has 1 aliphatic rings. The molecule has 22 heavy (non-hydrogen) atoms. The van der Waals surface area contributed by atoms with Gasteiger partial charge in [0.25, 0.3) is 5.91 Å². The van der Waals surface area contributed by atoms with Crippen LogP contribution in [-0.4, -0.2) is 47.8 Å². The SMILES string of the molecule is CC(C)CC(=O)N1CCCN(C(=O)c2ccc(Cl)cc2)CC1. The predicted molar refractivity (Wildman–Crippen MR) is 88.0 cm³/mol. The molecule has 5 heteroatoms. The van der Waals surface area contributed by atoms with Crippen molar-refractivity contribution in [2.24, 2.45) is 5.92 Å². The Balaban J connectivity index is 1.96. The van der Waals surface area contributed by atoms with E-state index in [9.17, 15) is 9.59 Å². The number of rotatable bonds is 3. The van der Waals surface area contributed by atoms with Crippen LogP contribution in [0.4, 0.5) is 0 Å². The highest BCUT2D eigenvalue weighted by molar-refractivity contribution is 6.30. The van der Waals surface area contributed by atoms with Crippen LogP contribution in [0.15, 0.2) is 24.3 Å². The van der Waals surface area contributed by atoms with Gasteiger partial charge in [0, 0.05) is 43.2 Å². The van der Waals surface area contributed by atoms with Crippen LogP contribution in [0.25, 0.3) is 0 Å². The molecule has 2 rings (SSSR count). The number of hydrogen-bond donors (Lipinski definition) is 0. The van der Waals surface area contributed by atoms with Gasteiger partial charge >= 0.3 is 0 Å². The molecule has 0 radical (unpaired) electrons. The van der Waals surface area contributed by atoms with Crippen molar-refractivity contribution in [2.75, 3.05) is 26.2 Å². The largest absolute Gasteiger partial charge is 0.341 e. The molecule has 0 atom stereocenters. The smallest absolute Gasteiger partial charge is 0.253 e. The molecule has 1 heterocycles. The summed E-state index contributed by atoms with van der Waals surface area (Å²) in [5.74, 6) is 0.563. The monoisotopic (exact) mass is 322 g/mol. The fourth-order valence-corrected chi connectivity index (χ4v) is 2.75. The van der Waals surface area contributed by atoms with Crippen LogP contribution in [0, 0.1) is 5.92 Å². The summed E-state index contributed by atoms with van der Waals surface area (Å²) >= 11 is 5.85. The molecule has 4 nitrogen and oxygen atoms in total. The zero-order valence-corrected chi connectivity index (χ0v) is 14.0. The van der Waals surface area contributed by atoms with Gasteiger partial charge in [-0.2, -0.15) is 0 Å². The van der Waals surface area contributed by atoms with Gasteiger partial charge in [0.05, 0.1) is 0 Å². The van der Waals surface area contributed by atoms with Gasteiger partial charge in [-0.3, -0.25) is 9.59 Å². The van der Waals surface area contributed by atoms with Crippen molar-refractivity contribution in [3.63, 3.8) is 0 Å². The van der Waals surface area contributed by atoms with Gasteiger partial charge in [0.15, 0.2) is 0 Å². The van der Waals surface area contributed by atoms with Gasteiger partial charge in [-0.05, 0) is 36.6 Å². The first-order valence-corrected chi connectivity index (χ1v) is 8.18. The van der Waals surface area contributed by atoms with Crippen LogP contribution in [0.5, 0.6) is 0 Å². The molecular formula is C17H23ClN2O2. The summed E-state index contributed by atoms with van der Waals surface area (Å²) in [5.41, 5.74) is 0.645. The molecule has 1 aromatic rings. The molecule has 0 N–H and O–H groups in total. The van der Waals surface area contributed by atoms with E-state index in [2.05, 4.69) is 0 Å². The van der Waals surface area contributed by atoms with E-state index in [4.69, 9.17) is 11.6 Å². The molecule has 1 fully saturated rings. The van der Waals surface area contributed by atoms with E-state index < -0.39 is 0 Å². The van der Waals surface area contributed by atoms with Crippen LogP contribution in [0.1, 0.15) is 37.0 Å². The van der Waals surface area contributed by atoms with Crippen molar-refractivity contribution in [3.8, 4) is 0 Å². The van der Waals surface area contributed by atoms with E-state index in [1.165, 1.54) is 0 Å². The number of carbonyl (C=O) groups is 2. The minimum atomic E-state index is 0.00910. The van der Waals surface area contributed by atoms with Crippen LogP contribution in [0.3, 0.4) is 0 Å². The molecule has 120 valence electrons. The average molecular weight is 323 g/mol. The molecule has 1 aromatic carbocycles. The fraction of sp³-hybridized carbons (Fsp3) is 0.529. The van der Waals surface area contributed by atoms with E-state index >= 15 is 0 Å². The maximum atomic E-state index is 12.5. The maximum Gasteiger partial charge on any atom is 0.253 e. The van der Waals surface area contributed by atoms with Crippen molar-refractivity contribution < 1.29 is 9.59 Å². The topological polar surface area (TPSA) is 40.6 Å². The van der Waals surface area contributed by atoms with E-state index in [0.717, 1.165) is 13.0 Å². The number of amides is 2. The predicted octanol–water partition coefficient (Wildman–Crippen LogP) is 3.06. The van der Waals surface area contributed by atoms with Crippen molar-refractivity contribution in [3.05, 3.63) is 34.9 Å². The number of halogens is 1. The Morgan fingerprint density at radius 1 is 1.05 bits per heavy atom. The summed E-state index contributed by atoms with van der Waals surface area (Å²) in [5, 5.41) is 0.623. The zero-order valence-electron chi connectivity index (χ0n) is 13.2. The van der Waals surface area contributed by atoms with Crippen molar-refractivity contribution in [2.45, 2.75) is 26.7 Å². The highest BCUT2D eigenvalue weighted by Gasteiger charge is 2.23. The summed E-state index contributed by atoms with van der Waals surface area (Å²) in [7, 11) is 0. The first-order chi connectivity index (χ1) is 10.5. The summed E-state index contributed by atoms with van der Waals surface area (Å²) in [6.07, 6.45) is 1.40. The van der Waals surface area contributed by atoms with Crippen molar-refractivity contribution >= 4 is 23.4 Å². The molecule has 1 aliphatic heterocycles. The molecule has 2 amide bonds. The lowest BCUT2D eigenvalue weighted by molar-refractivity contribution is -0.131. The van der Waals surface area contributed by atoms with Gasteiger partial charge in [-0.15, -0.1) is 0 Å². The molecule has 0 spiro atoms. The third-order valence-corrected chi connectivity index (χ3v) is 4.06. The van der Waals surface area contributed by atoms with E-state index in [1.54, 1.807) is 24.3 Å². The van der Waals surface area contributed by atoms with E-state index in [0.29, 0.717) is 42.6 Å². The normalized spacial score (nSPS) is 15.8. The minimum Gasteiger partial charge on any atom is -0.341 e. The van der Waals surface area contributed by atoms with E-state index in [1.807, 2.05) is 23.6 Å². The summed E-state index contributed by atoms with van der Waals surface area (Å²) in [6, 6.07) is 6.95. The first kappa shape index (κ1) is 16.8. The van der Waals surface area contributed by atoms with Gasteiger partial charge in [0.2, 0.25) is 5.91 Å². The molecule has 0 saturated carbocycles. The Morgan fingerprint density at radius 2 is 1.64 bits per heavy atom. The molecule has 0 aliphatic carbocycles. The Morgan fingerprint density at radius 3 is 2.27 bits per heavy atom. The van der Waals surface area contributed by atoms with Crippen LogP contribution < -0.4 is 0 Å². The standard InChI is InChI=1S/C17H23ClN2O2/c1-13(2)12-16(21)19-8-3-9-20(11-10-19)17(22)14-4-6-15(18)7-5-14/h4-7,13H,3,8-12H2,1-2H3. The van der Waals surface area contributed by atoms with Crippen LogP contribution in [0.2, 0.25) is 5.02 Å². The van der Waals surface area contributed by atoms with Crippen molar-refractivity contribution in [1.82, 2.24) is 9.80 Å². The second-order valence-corrected chi connectivity index (χ2v) is 6.57. The first-order valence-electron chi connectivity index (χ1n) is 7.80. The van der Waals surface area contributed by atoms with E-state index in [-0.39, 0.29) is 11.8 Å². The third-order valence-electron chi connectivity index (χ3n) is 3.81. The summed E-state index contributed by atoms with van der Waals surface area (Å²) in [4.78, 5) is 28.4. The molecular weight excluding hydrogens is 300 g/mol. The summed E-state index contributed by atoms with van der Waals surface area (Å²) in [6.45, 7) is 6.72. The van der Waals surface area contributed by atoms with Gasteiger partial charge in [-0.25, -0.2) is 0 Å². The van der Waals surface area contributed by atoms with Gasteiger partial charge < -0.3 is 9.80 Å². The average Bonchev–Trinajstić information content (AvgIpc) is 2.72. The maximum absolute atomic E-state index is 12.5. The Bertz CT molecular complexity index is 528. The lowest BCUT2D eigenvalue weighted by atomic mass is 10.1. The molecule has 0 aromatic heterocycles. The third kappa shape index (κ3) is 4.47. The van der Waals surface area contributed by atoms with Crippen molar-refractivity contribution in [1.29, 1.82) is 0 Å². The fourth-order valence-electron chi connectivity index (χ4n) is 2.62. The Kier molecular flexibility index (Phi) is 5.83. The molecule has 0 unspecified atom stereocenters. The lowest BCUT2D eigenvalue weighted by Gasteiger charge is -2.23. The van der Waals surface area contributed by atoms with Gasteiger partial charge in [0.1, 0.15) is 0 Å². The van der Waals surface area contributed by atoms with Crippen LogP contribution >= 0.6 is 11.6 Å². The second kappa shape index (κ2) is 7.63. The number of benzene rings is 1. The highest BCUT2D eigenvalue weighted by atomic mass is 35.5. The summed E-state index contributed by atoms with van der Waals surface area (Å²) < 4.78 is 0. The Labute approximate surface area is 137 Å². The number of hydrogen-bond acceptors (Lipinski definition) is 2. The lowest BCUT2D eigenvalue weighted by Crippen LogP contribution is -2.37. The number of nitrogens with zero attached hydrogens (tertiary/aromatic N) is 2. The molecule has 0 bridgehead atoms. The zero-order chi connectivity index (χ0) is 16.1. The van der Waals surface area contributed by atoms with Crippen LogP contribution in [-0.2, 0) is 4.79 Å². The molecule has 1 saturated heterocycles. The number of carbonyl (C=O) groups excluding carboxylic acids is 2.